The normalized spacial score (nSPS) is 20.8. The van der Waals surface area contributed by atoms with Gasteiger partial charge in [-0.25, -0.2) is 0 Å². The molecule has 1 rings (SSSR count). The average Bonchev–Trinajstić information content (AvgIpc) is 2.35. The molecular formula is C13H22N2O2. The van der Waals surface area contributed by atoms with Gasteiger partial charge in [0.25, 0.3) is 0 Å². The smallest absolute Gasteiger partial charge is 0.310 e. The van der Waals surface area contributed by atoms with Gasteiger partial charge in [0.1, 0.15) is 0 Å². The van der Waals surface area contributed by atoms with Crippen LogP contribution in [-0.4, -0.2) is 37.1 Å². The molecule has 0 radical (unpaired) electrons. The van der Waals surface area contributed by atoms with Crippen molar-refractivity contribution in [3.63, 3.8) is 0 Å². The zero-order chi connectivity index (χ0) is 12.5. The summed E-state index contributed by atoms with van der Waals surface area (Å²) in [4.78, 5) is 13.9. The molecule has 0 amide bonds. The van der Waals surface area contributed by atoms with Gasteiger partial charge in [0, 0.05) is 13.0 Å². The van der Waals surface area contributed by atoms with E-state index in [0.717, 1.165) is 45.3 Å². The Bertz CT molecular complexity index is 273. The first-order valence-corrected chi connectivity index (χ1v) is 6.54. The number of hydrogen-bond donors (Lipinski definition) is 0. The van der Waals surface area contributed by atoms with Crippen LogP contribution in [0.3, 0.4) is 0 Å². The maximum atomic E-state index is 11.6. The molecule has 1 saturated heterocycles. The van der Waals surface area contributed by atoms with Crippen LogP contribution in [0.2, 0.25) is 0 Å². The lowest BCUT2D eigenvalue weighted by molar-refractivity contribution is -0.149. The van der Waals surface area contributed by atoms with Crippen LogP contribution in [0.25, 0.3) is 0 Å². The fourth-order valence-corrected chi connectivity index (χ4v) is 2.25. The number of likely N-dealkylation sites (tertiary alicyclic amines) is 1. The van der Waals surface area contributed by atoms with E-state index in [4.69, 9.17) is 10.00 Å². The topological polar surface area (TPSA) is 53.3 Å². The summed E-state index contributed by atoms with van der Waals surface area (Å²) < 4.78 is 5.06. The van der Waals surface area contributed by atoms with Crippen LogP contribution in [0.5, 0.6) is 0 Å². The summed E-state index contributed by atoms with van der Waals surface area (Å²) in [5.74, 6) is 0.00823. The number of unbranched alkanes of at least 4 members (excludes halogenated alkanes) is 2. The average molecular weight is 238 g/mol. The number of esters is 1. The predicted molar refractivity (Wildman–Crippen MR) is 65.3 cm³/mol. The van der Waals surface area contributed by atoms with Crippen molar-refractivity contribution < 1.29 is 9.53 Å². The Kier molecular flexibility index (Phi) is 6.64. The molecule has 0 aliphatic carbocycles. The van der Waals surface area contributed by atoms with Crippen molar-refractivity contribution >= 4 is 5.97 Å². The van der Waals surface area contributed by atoms with Crippen LogP contribution in [0.1, 0.15) is 39.0 Å². The third kappa shape index (κ3) is 5.18. The van der Waals surface area contributed by atoms with Crippen molar-refractivity contribution in [3.05, 3.63) is 0 Å². The molecule has 1 fully saturated rings. The Labute approximate surface area is 104 Å². The molecule has 0 aromatic rings. The van der Waals surface area contributed by atoms with Crippen molar-refractivity contribution in [1.82, 2.24) is 4.90 Å². The molecule has 96 valence electrons. The van der Waals surface area contributed by atoms with Crippen LogP contribution < -0.4 is 0 Å². The molecule has 1 atom stereocenters. The SMILES string of the molecule is CCOC(=O)[C@@H]1CCCN(CCCCC#N)C1. The van der Waals surface area contributed by atoms with Gasteiger partial charge in [-0.15, -0.1) is 0 Å². The first-order valence-electron chi connectivity index (χ1n) is 6.54. The fourth-order valence-electron chi connectivity index (χ4n) is 2.25. The molecule has 0 N–H and O–H groups in total. The summed E-state index contributed by atoms with van der Waals surface area (Å²) >= 11 is 0. The van der Waals surface area contributed by atoms with Crippen LogP contribution in [0, 0.1) is 17.2 Å². The van der Waals surface area contributed by atoms with Gasteiger partial charge < -0.3 is 9.64 Å². The summed E-state index contributed by atoms with van der Waals surface area (Å²) in [5, 5.41) is 8.45. The van der Waals surface area contributed by atoms with E-state index >= 15 is 0 Å². The van der Waals surface area contributed by atoms with E-state index in [2.05, 4.69) is 11.0 Å². The molecule has 0 bridgehead atoms. The molecule has 4 heteroatoms. The molecule has 1 heterocycles. The van der Waals surface area contributed by atoms with Gasteiger partial charge in [-0.2, -0.15) is 5.26 Å². The molecule has 0 spiro atoms. The molecule has 0 aromatic carbocycles. The number of rotatable bonds is 6. The summed E-state index contributed by atoms with van der Waals surface area (Å²) in [6, 6.07) is 2.16. The van der Waals surface area contributed by atoms with E-state index in [1.165, 1.54) is 0 Å². The second-order valence-corrected chi connectivity index (χ2v) is 4.51. The van der Waals surface area contributed by atoms with Crippen molar-refractivity contribution in [2.75, 3.05) is 26.2 Å². The maximum Gasteiger partial charge on any atom is 0.310 e. The van der Waals surface area contributed by atoms with Crippen LogP contribution in [0.15, 0.2) is 0 Å². The third-order valence-corrected chi connectivity index (χ3v) is 3.14. The first kappa shape index (κ1) is 14.0. The van der Waals surface area contributed by atoms with Gasteiger partial charge in [-0.05, 0) is 45.7 Å². The lowest BCUT2D eigenvalue weighted by Crippen LogP contribution is -2.39. The summed E-state index contributed by atoms with van der Waals surface area (Å²) in [6.07, 6.45) is 4.66. The number of piperidine rings is 1. The monoisotopic (exact) mass is 238 g/mol. The molecule has 1 aliphatic rings. The lowest BCUT2D eigenvalue weighted by Gasteiger charge is -2.31. The van der Waals surface area contributed by atoms with Gasteiger partial charge in [0.15, 0.2) is 0 Å². The zero-order valence-corrected chi connectivity index (χ0v) is 10.7. The van der Waals surface area contributed by atoms with Gasteiger partial charge in [0.2, 0.25) is 0 Å². The highest BCUT2D eigenvalue weighted by atomic mass is 16.5. The van der Waals surface area contributed by atoms with E-state index in [-0.39, 0.29) is 11.9 Å². The van der Waals surface area contributed by atoms with E-state index in [1.54, 1.807) is 0 Å². The standard InChI is InChI=1S/C13H22N2O2/c1-2-17-13(16)12-7-6-10-15(11-12)9-5-3-4-8-14/h12H,2-7,9-11H2,1H3/t12-/m1/s1. The molecule has 1 aliphatic heterocycles. The Morgan fingerprint density at radius 2 is 2.35 bits per heavy atom. The number of carbonyl (C=O) groups excluding carboxylic acids is 1. The molecule has 17 heavy (non-hydrogen) atoms. The summed E-state index contributed by atoms with van der Waals surface area (Å²) in [5.41, 5.74) is 0. The molecule has 0 unspecified atom stereocenters. The van der Waals surface area contributed by atoms with Crippen LogP contribution >= 0.6 is 0 Å². The highest BCUT2D eigenvalue weighted by molar-refractivity contribution is 5.72. The first-order chi connectivity index (χ1) is 8.27. The van der Waals surface area contributed by atoms with E-state index in [1.807, 2.05) is 6.92 Å². The van der Waals surface area contributed by atoms with Crippen molar-refractivity contribution in [2.45, 2.75) is 39.0 Å². The Hall–Kier alpha value is -1.08. The van der Waals surface area contributed by atoms with Gasteiger partial charge >= 0.3 is 5.97 Å². The number of carbonyl (C=O) groups is 1. The molecule has 0 saturated carbocycles. The second kappa shape index (κ2) is 8.08. The highest BCUT2D eigenvalue weighted by Gasteiger charge is 2.26. The minimum absolute atomic E-state index is 0.0470. The van der Waals surface area contributed by atoms with Gasteiger partial charge in [0.05, 0.1) is 18.6 Å². The summed E-state index contributed by atoms with van der Waals surface area (Å²) in [6.45, 7) is 5.21. The summed E-state index contributed by atoms with van der Waals surface area (Å²) in [7, 11) is 0. The minimum atomic E-state index is -0.0470. The van der Waals surface area contributed by atoms with Crippen molar-refractivity contribution in [1.29, 1.82) is 5.26 Å². The van der Waals surface area contributed by atoms with Gasteiger partial charge in [-0.3, -0.25) is 4.79 Å². The minimum Gasteiger partial charge on any atom is -0.466 e. The lowest BCUT2D eigenvalue weighted by atomic mass is 9.98. The molecule has 0 aromatic heterocycles. The molecular weight excluding hydrogens is 216 g/mol. The Balaban J connectivity index is 2.24. The third-order valence-electron chi connectivity index (χ3n) is 3.14. The number of hydrogen-bond acceptors (Lipinski definition) is 4. The second-order valence-electron chi connectivity index (χ2n) is 4.51. The predicted octanol–water partition coefficient (Wildman–Crippen LogP) is 1.96. The van der Waals surface area contributed by atoms with E-state index in [0.29, 0.717) is 13.0 Å². The quantitative estimate of drug-likeness (QED) is 0.524. The van der Waals surface area contributed by atoms with Gasteiger partial charge in [-0.1, -0.05) is 0 Å². The Morgan fingerprint density at radius 3 is 3.06 bits per heavy atom. The molecule has 4 nitrogen and oxygen atoms in total. The number of nitrogens with zero attached hydrogens (tertiary/aromatic N) is 2. The van der Waals surface area contributed by atoms with Crippen molar-refractivity contribution in [2.24, 2.45) is 5.92 Å². The van der Waals surface area contributed by atoms with E-state index in [9.17, 15) is 4.79 Å². The number of nitriles is 1. The van der Waals surface area contributed by atoms with E-state index < -0.39 is 0 Å². The fraction of sp³-hybridized carbons (Fsp3) is 0.846. The maximum absolute atomic E-state index is 11.6. The largest absolute Gasteiger partial charge is 0.466 e. The number of ether oxygens (including phenoxy) is 1. The Morgan fingerprint density at radius 1 is 1.53 bits per heavy atom. The van der Waals surface area contributed by atoms with Crippen molar-refractivity contribution in [3.8, 4) is 6.07 Å². The van der Waals surface area contributed by atoms with Crippen LogP contribution in [-0.2, 0) is 9.53 Å². The highest BCUT2D eigenvalue weighted by Crippen LogP contribution is 2.18. The zero-order valence-electron chi connectivity index (χ0n) is 10.7. The van der Waals surface area contributed by atoms with Crippen LogP contribution in [0.4, 0.5) is 0 Å².